The largest absolute Gasteiger partial charge is 0.381 e. The maximum atomic E-state index is 5.50. The third-order valence-electron chi connectivity index (χ3n) is 4.70. The fourth-order valence-corrected chi connectivity index (χ4v) is 3.61. The van der Waals surface area contributed by atoms with Gasteiger partial charge in [0.2, 0.25) is 0 Å². The molecule has 0 aliphatic carbocycles. The minimum Gasteiger partial charge on any atom is -0.381 e. The van der Waals surface area contributed by atoms with Gasteiger partial charge in [-0.15, -0.1) is 0 Å². The number of likely N-dealkylation sites (tertiary alicyclic amines) is 1. The fourth-order valence-electron chi connectivity index (χ4n) is 3.20. The summed E-state index contributed by atoms with van der Waals surface area (Å²) in [6.45, 7) is 10.4. The predicted molar refractivity (Wildman–Crippen MR) is 75.7 cm³/mol. The van der Waals surface area contributed by atoms with Crippen LogP contribution in [0.25, 0.3) is 0 Å². The fraction of sp³-hybridized carbons (Fsp3) is 1.00. The maximum Gasteiger partial charge on any atom is 0.0472 e. The van der Waals surface area contributed by atoms with Gasteiger partial charge < -0.3 is 9.64 Å². The molecule has 0 aromatic heterocycles. The van der Waals surface area contributed by atoms with E-state index in [1.165, 1.54) is 38.9 Å². The Morgan fingerprint density at radius 3 is 2.59 bits per heavy atom. The van der Waals surface area contributed by atoms with Crippen LogP contribution in [0.15, 0.2) is 0 Å². The van der Waals surface area contributed by atoms with Crippen molar-refractivity contribution in [3.63, 3.8) is 0 Å². The van der Waals surface area contributed by atoms with E-state index < -0.39 is 0 Å². The van der Waals surface area contributed by atoms with E-state index in [4.69, 9.17) is 4.74 Å². The Morgan fingerprint density at radius 2 is 2.06 bits per heavy atom. The van der Waals surface area contributed by atoms with Crippen LogP contribution in [-0.2, 0) is 4.74 Å². The number of rotatable bonds is 4. The smallest absolute Gasteiger partial charge is 0.0472 e. The first-order valence-corrected chi connectivity index (χ1v) is 7.69. The number of nitrogens with zero attached hydrogens (tertiary/aromatic N) is 1. The van der Waals surface area contributed by atoms with Gasteiger partial charge in [-0.25, -0.2) is 0 Å². The molecule has 2 saturated heterocycles. The molecule has 17 heavy (non-hydrogen) atoms. The average Bonchev–Trinajstić information content (AvgIpc) is 2.79. The molecule has 0 radical (unpaired) electrons. The minimum absolute atomic E-state index is 0.424. The molecular weight excluding hydrogens is 230 g/mol. The van der Waals surface area contributed by atoms with E-state index in [0.29, 0.717) is 5.41 Å². The Labute approximate surface area is 112 Å². The van der Waals surface area contributed by atoms with E-state index in [1.54, 1.807) is 0 Å². The van der Waals surface area contributed by atoms with Crippen LogP contribution in [-0.4, -0.2) is 43.5 Å². The normalized spacial score (nSPS) is 30.0. The van der Waals surface area contributed by atoms with Crippen LogP contribution >= 0.6 is 12.6 Å². The van der Waals surface area contributed by atoms with Crippen LogP contribution in [0, 0.1) is 17.3 Å². The molecule has 0 aromatic rings. The first-order valence-electron chi connectivity index (χ1n) is 7.06. The van der Waals surface area contributed by atoms with Crippen LogP contribution < -0.4 is 0 Å². The molecule has 0 bridgehead atoms. The zero-order valence-electron chi connectivity index (χ0n) is 11.3. The second-order valence-corrected chi connectivity index (χ2v) is 6.61. The lowest BCUT2D eigenvalue weighted by Crippen LogP contribution is -2.42. The van der Waals surface area contributed by atoms with E-state index in [-0.39, 0.29) is 0 Å². The summed E-state index contributed by atoms with van der Waals surface area (Å²) in [4.78, 5) is 2.67. The molecule has 0 amide bonds. The van der Waals surface area contributed by atoms with E-state index in [1.807, 2.05) is 0 Å². The molecule has 2 heterocycles. The Balaban J connectivity index is 1.87. The molecule has 0 saturated carbocycles. The Bertz CT molecular complexity index is 238. The van der Waals surface area contributed by atoms with Gasteiger partial charge in [-0.1, -0.05) is 13.8 Å². The van der Waals surface area contributed by atoms with Crippen LogP contribution in [0.3, 0.4) is 0 Å². The van der Waals surface area contributed by atoms with Gasteiger partial charge >= 0.3 is 0 Å². The van der Waals surface area contributed by atoms with Crippen molar-refractivity contribution < 1.29 is 4.74 Å². The standard InChI is InChI=1S/C14H27NOS/c1-12(2)13-3-6-15(9-13)10-14(11-17)4-7-16-8-5-14/h12-13,17H,3-11H2,1-2H3. The molecule has 2 fully saturated rings. The number of thiol groups is 1. The summed E-state index contributed by atoms with van der Waals surface area (Å²) in [5.41, 5.74) is 0.424. The number of ether oxygens (including phenoxy) is 1. The van der Waals surface area contributed by atoms with Crippen molar-refractivity contribution >= 4 is 12.6 Å². The zero-order chi connectivity index (χ0) is 12.3. The molecule has 3 heteroatoms. The monoisotopic (exact) mass is 257 g/mol. The highest BCUT2D eigenvalue weighted by atomic mass is 32.1. The number of hydrogen-bond donors (Lipinski definition) is 1. The second kappa shape index (κ2) is 5.94. The Morgan fingerprint density at radius 1 is 1.35 bits per heavy atom. The summed E-state index contributed by atoms with van der Waals surface area (Å²) >= 11 is 4.60. The highest BCUT2D eigenvalue weighted by molar-refractivity contribution is 7.80. The van der Waals surface area contributed by atoms with Crippen LogP contribution in [0.1, 0.15) is 33.1 Å². The summed E-state index contributed by atoms with van der Waals surface area (Å²) in [5, 5.41) is 0. The summed E-state index contributed by atoms with van der Waals surface area (Å²) in [5.74, 6) is 2.76. The van der Waals surface area contributed by atoms with E-state index in [2.05, 4.69) is 31.4 Å². The van der Waals surface area contributed by atoms with Gasteiger partial charge in [-0.05, 0) is 48.8 Å². The summed E-state index contributed by atoms with van der Waals surface area (Å²) in [6, 6.07) is 0. The average molecular weight is 257 g/mol. The maximum absolute atomic E-state index is 5.50. The number of hydrogen-bond acceptors (Lipinski definition) is 3. The van der Waals surface area contributed by atoms with Crippen molar-refractivity contribution in [2.45, 2.75) is 33.1 Å². The van der Waals surface area contributed by atoms with Crippen LogP contribution in [0.4, 0.5) is 0 Å². The highest BCUT2D eigenvalue weighted by Gasteiger charge is 2.35. The van der Waals surface area contributed by atoms with E-state index in [0.717, 1.165) is 30.8 Å². The van der Waals surface area contributed by atoms with Crippen LogP contribution in [0.2, 0.25) is 0 Å². The van der Waals surface area contributed by atoms with Gasteiger partial charge in [0.15, 0.2) is 0 Å². The van der Waals surface area contributed by atoms with Crippen molar-refractivity contribution in [1.29, 1.82) is 0 Å². The molecule has 0 aromatic carbocycles. The van der Waals surface area contributed by atoms with Crippen molar-refractivity contribution in [1.82, 2.24) is 4.90 Å². The SMILES string of the molecule is CC(C)C1CCN(CC2(CS)CCOCC2)C1. The molecule has 2 aliphatic rings. The molecule has 1 unspecified atom stereocenters. The first kappa shape index (κ1) is 13.7. The second-order valence-electron chi connectivity index (χ2n) is 6.30. The predicted octanol–water partition coefficient (Wildman–Crippen LogP) is 2.69. The lowest BCUT2D eigenvalue weighted by molar-refractivity contribution is 0.0105. The van der Waals surface area contributed by atoms with Crippen molar-refractivity contribution in [3.8, 4) is 0 Å². The van der Waals surface area contributed by atoms with E-state index >= 15 is 0 Å². The van der Waals surface area contributed by atoms with Crippen molar-refractivity contribution in [2.24, 2.45) is 17.3 Å². The Hall–Kier alpha value is 0.270. The van der Waals surface area contributed by atoms with E-state index in [9.17, 15) is 0 Å². The summed E-state index contributed by atoms with van der Waals surface area (Å²) in [7, 11) is 0. The Kier molecular flexibility index (Phi) is 4.79. The lowest BCUT2D eigenvalue weighted by Gasteiger charge is -2.39. The molecular formula is C14H27NOS. The molecule has 0 spiro atoms. The van der Waals surface area contributed by atoms with Crippen molar-refractivity contribution in [3.05, 3.63) is 0 Å². The molecule has 1 atom stereocenters. The minimum atomic E-state index is 0.424. The van der Waals surface area contributed by atoms with Crippen molar-refractivity contribution in [2.75, 3.05) is 38.6 Å². The first-order chi connectivity index (χ1) is 8.15. The molecule has 2 rings (SSSR count). The third kappa shape index (κ3) is 3.39. The summed E-state index contributed by atoms with van der Waals surface area (Å²) in [6.07, 6.45) is 3.77. The van der Waals surface area contributed by atoms with Gasteiger partial charge in [0.05, 0.1) is 0 Å². The third-order valence-corrected chi connectivity index (χ3v) is 5.37. The zero-order valence-corrected chi connectivity index (χ0v) is 12.2. The van der Waals surface area contributed by atoms with Gasteiger partial charge in [0.25, 0.3) is 0 Å². The summed E-state index contributed by atoms with van der Waals surface area (Å²) < 4.78 is 5.50. The molecule has 2 nitrogen and oxygen atoms in total. The molecule has 100 valence electrons. The quantitative estimate of drug-likeness (QED) is 0.778. The highest BCUT2D eigenvalue weighted by Crippen LogP contribution is 2.35. The molecule has 2 aliphatic heterocycles. The van der Waals surface area contributed by atoms with Gasteiger partial charge in [0, 0.05) is 26.3 Å². The lowest BCUT2D eigenvalue weighted by atomic mass is 9.81. The molecule has 0 N–H and O–H groups in total. The van der Waals surface area contributed by atoms with Crippen LogP contribution in [0.5, 0.6) is 0 Å². The van der Waals surface area contributed by atoms with Gasteiger partial charge in [-0.3, -0.25) is 0 Å². The van der Waals surface area contributed by atoms with Gasteiger partial charge in [0.1, 0.15) is 0 Å². The topological polar surface area (TPSA) is 12.5 Å². The van der Waals surface area contributed by atoms with Gasteiger partial charge in [-0.2, -0.15) is 12.6 Å².